The van der Waals surface area contributed by atoms with Gasteiger partial charge in [0.25, 0.3) is 0 Å². The van der Waals surface area contributed by atoms with Crippen molar-refractivity contribution >= 4 is 0 Å². The number of pyridine rings is 1. The van der Waals surface area contributed by atoms with Crippen LogP contribution in [0.4, 0.5) is 4.39 Å². The second-order valence-corrected chi connectivity index (χ2v) is 6.35. The summed E-state index contributed by atoms with van der Waals surface area (Å²) in [6.45, 7) is 3.07. The van der Waals surface area contributed by atoms with Crippen LogP contribution < -0.4 is 0 Å². The Bertz CT molecular complexity index is 467. The van der Waals surface area contributed by atoms with Gasteiger partial charge in [0, 0.05) is 25.2 Å². The van der Waals surface area contributed by atoms with Gasteiger partial charge < -0.3 is 10.0 Å². The van der Waals surface area contributed by atoms with Crippen molar-refractivity contribution in [3.05, 3.63) is 29.8 Å². The van der Waals surface area contributed by atoms with E-state index < -0.39 is 6.10 Å². The summed E-state index contributed by atoms with van der Waals surface area (Å²) in [6, 6.07) is 4.33. The highest BCUT2D eigenvalue weighted by Gasteiger charge is 2.34. The quantitative estimate of drug-likeness (QED) is 0.919. The average Bonchev–Trinajstić information content (AvgIpc) is 2.72. The Morgan fingerprint density at radius 1 is 1.33 bits per heavy atom. The van der Waals surface area contributed by atoms with Gasteiger partial charge in [0.2, 0.25) is 0 Å². The third-order valence-electron chi connectivity index (χ3n) is 5.04. The van der Waals surface area contributed by atoms with Gasteiger partial charge in [0.1, 0.15) is 5.82 Å². The standard InChI is InChI=1S/C16H24FN3O/c1-19-13-3-4-14(19)11-20(8-6-13)9-7-16(21)15-5-2-12(17)10-18-15/h2,5,10,13-14,16,21H,3-4,6-9,11H2,1H3. The van der Waals surface area contributed by atoms with Crippen molar-refractivity contribution in [3.8, 4) is 0 Å². The lowest BCUT2D eigenvalue weighted by atomic mass is 10.1. The fraction of sp³-hybridized carbons (Fsp3) is 0.688. The van der Waals surface area contributed by atoms with Crippen molar-refractivity contribution in [1.29, 1.82) is 0 Å². The third kappa shape index (κ3) is 3.42. The number of aliphatic hydroxyl groups is 1. The third-order valence-corrected chi connectivity index (χ3v) is 5.04. The molecular weight excluding hydrogens is 269 g/mol. The van der Waals surface area contributed by atoms with Crippen LogP contribution in [-0.2, 0) is 0 Å². The van der Waals surface area contributed by atoms with Crippen molar-refractivity contribution < 1.29 is 9.50 Å². The molecule has 1 aromatic heterocycles. The molecule has 2 saturated heterocycles. The van der Waals surface area contributed by atoms with E-state index >= 15 is 0 Å². The van der Waals surface area contributed by atoms with E-state index in [0.717, 1.165) is 25.7 Å². The van der Waals surface area contributed by atoms with Gasteiger partial charge in [-0.3, -0.25) is 9.88 Å². The summed E-state index contributed by atoms with van der Waals surface area (Å²) in [5, 5.41) is 10.2. The predicted molar refractivity (Wildman–Crippen MR) is 79.4 cm³/mol. The Hall–Kier alpha value is -1.04. The molecule has 4 nitrogen and oxygen atoms in total. The van der Waals surface area contributed by atoms with E-state index in [1.807, 2.05) is 0 Å². The summed E-state index contributed by atoms with van der Waals surface area (Å²) in [7, 11) is 2.24. The van der Waals surface area contributed by atoms with Crippen molar-refractivity contribution in [3.63, 3.8) is 0 Å². The molecule has 3 heterocycles. The summed E-state index contributed by atoms with van der Waals surface area (Å²) in [5.74, 6) is -0.363. The first-order valence-electron chi connectivity index (χ1n) is 7.87. The maximum atomic E-state index is 12.8. The van der Waals surface area contributed by atoms with Crippen LogP contribution in [0.15, 0.2) is 18.3 Å². The molecule has 2 fully saturated rings. The van der Waals surface area contributed by atoms with Gasteiger partial charge in [0.15, 0.2) is 0 Å². The lowest BCUT2D eigenvalue weighted by molar-refractivity contribution is 0.133. The number of aliphatic hydroxyl groups excluding tert-OH is 1. The summed E-state index contributed by atoms with van der Waals surface area (Å²) in [5.41, 5.74) is 0.560. The van der Waals surface area contributed by atoms with Crippen LogP contribution in [0.5, 0.6) is 0 Å². The molecule has 1 aromatic rings. The van der Waals surface area contributed by atoms with Crippen molar-refractivity contribution in [2.75, 3.05) is 26.7 Å². The van der Waals surface area contributed by atoms with E-state index in [1.165, 1.54) is 31.5 Å². The Morgan fingerprint density at radius 3 is 2.90 bits per heavy atom. The second-order valence-electron chi connectivity index (χ2n) is 6.35. The molecule has 2 aliphatic rings. The van der Waals surface area contributed by atoms with E-state index in [-0.39, 0.29) is 5.82 Å². The number of hydrogen-bond acceptors (Lipinski definition) is 4. The molecule has 0 spiro atoms. The van der Waals surface area contributed by atoms with E-state index in [9.17, 15) is 9.50 Å². The molecular formula is C16H24FN3O. The maximum absolute atomic E-state index is 12.8. The van der Waals surface area contributed by atoms with Crippen LogP contribution >= 0.6 is 0 Å². The largest absolute Gasteiger partial charge is 0.387 e. The zero-order chi connectivity index (χ0) is 14.8. The van der Waals surface area contributed by atoms with Crippen LogP contribution in [0.1, 0.15) is 37.5 Å². The fourth-order valence-electron chi connectivity index (χ4n) is 3.62. The molecule has 0 saturated carbocycles. The summed E-state index contributed by atoms with van der Waals surface area (Å²) in [6.07, 6.45) is 5.05. The van der Waals surface area contributed by atoms with Gasteiger partial charge in [-0.25, -0.2) is 4.39 Å². The number of likely N-dealkylation sites (N-methyl/N-ethyl adjacent to an activating group) is 1. The molecule has 21 heavy (non-hydrogen) atoms. The van der Waals surface area contributed by atoms with Gasteiger partial charge in [-0.05, 0) is 51.4 Å². The lowest BCUT2D eigenvalue weighted by Crippen LogP contribution is -2.37. The average molecular weight is 293 g/mol. The fourth-order valence-corrected chi connectivity index (χ4v) is 3.62. The van der Waals surface area contributed by atoms with E-state index in [4.69, 9.17) is 0 Å². The number of fused-ring (bicyclic) bond motifs is 2. The summed E-state index contributed by atoms with van der Waals surface area (Å²) >= 11 is 0. The number of hydrogen-bond donors (Lipinski definition) is 1. The SMILES string of the molecule is CN1C2CCC1CN(CCC(O)c1ccc(F)cn1)CC2. The first kappa shape index (κ1) is 14.9. The van der Waals surface area contributed by atoms with Gasteiger partial charge in [-0.15, -0.1) is 0 Å². The Labute approximate surface area is 125 Å². The van der Waals surface area contributed by atoms with Crippen LogP contribution in [0, 0.1) is 5.82 Å². The molecule has 1 N–H and O–H groups in total. The minimum atomic E-state index is -0.608. The summed E-state index contributed by atoms with van der Waals surface area (Å²) in [4.78, 5) is 8.94. The molecule has 3 atom stereocenters. The molecule has 5 heteroatoms. The molecule has 3 rings (SSSR count). The Balaban J connectivity index is 1.52. The number of halogens is 1. The van der Waals surface area contributed by atoms with Crippen LogP contribution in [0.2, 0.25) is 0 Å². The monoisotopic (exact) mass is 293 g/mol. The highest BCUT2D eigenvalue weighted by Crippen LogP contribution is 2.28. The van der Waals surface area contributed by atoms with Crippen molar-refractivity contribution in [2.24, 2.45) is 0 Å². The smallest absolute Gasteiger partial charge is 0.141 e. The molecule has 2 bridgehead atoms. The van der Waals surface area contributed by atoms with Crippen molar-refractivity contribution in [1.82, 2.24) is 14.8 Å². The number of rotatable bonds is 4. The first-order chi connectivity index (χ1) is 10.1. The molecule has 3 unspecified atom stereocenters. The highest BCUT2D eigenvalue weighted by atomic mass is 19.1. The molecule has 0 radical (unpaired) electrons. The Kier molecular flexibility index (Phi) is 4.52. The van der Waals surface area contributed by atoms with Gasteiger partial charge in [-0.1, -0.05) is 0 Å². The highest BCUT2D eigenvalue weighted by molar-refractivity contribution is 5.08. The molecule has 0 aliphatic carbocycles. The van der Waals surface area contributed by atoms with Crippen LogP contribution in [0.3, 0.4) is 0 Å². The van der Waals surface area contributed by atoms with E-state index in [1.54, 1.807) is 6.07 Å². The number of likely N-dealkylation sites (tertiary alicyclic amines) is 1. The van der Waals surface area contributed by atoms with E-state index in [0.29, 0.717) is 18.2 Å². The number of nitrogens with zero attached hydrogens (tertiary/aromatic N) is 3. The second kappa shape index (κ2) is 6.38. The van der Waals surface area contributed by atoms with Crippen LogP contribution in [0.25, 0.3) is 0 Å². The minimum Gasteiger partial charge on any atom is -0.387 e. The molecule has 0 aromatic carbocycles. The molecule has 0 amide bonds. The Morgan fingerprint density at radius 2 is 2.14 bits per heavy atom. The predicted octanol–water partition coefficient (Wildman–Crippen LogP) is 1.81. The zero-order valence-electron chi connectivity index (χ0n) is 12.6. The normalized spacial score (nSPS) is 28.5. The number of aromatic nitrogens is 1. The lowest BCUT2D eigenvalue weighted by Gasteiger charge is -2.26. The molecule has 2 aliphatic heterocycles. The first-order valence-corrected chi connectivity index (χ1v) is 7.87. The summed E-state index contributed by atoms with van der Waals surface area (Å²) < 4.78 is 12.8. The topological polar surface area (TPSA) is 39.6 Å². The minimum absolute atomic E-state index is 0.363. The van der Waals surface area contributed by atoms with Gasteiger partial charge >= 0.3 is 0 Å². The maximum Gasteiger partial charge on any atom is 0.141 e. The van der Waals surface area contributed by atoms with Gasteiger partial charge in [0.05, 0.1) is 18.0 Å². The molecule has 116 valence electrons. The van der Waals surface area contributed by atoms with Crippen LogP contribution in [-0.4, -0.2) is 58.7 Å². The zero-order valence-corrected chi connectivity index (χ0v) is 12.6. The van der Waals surface area contributed by atoms with E-state index in [2.05, 4.69) is 21.8 Å². The van der Waals surface area contributed by atoms with Crippen molar-refractivity contribution in [2.45, 2.75) is 43.9 Å². The van der Waals surface area contributed by atoms with Gasteiger partial charge in [-0.2, -0.15) is 0 Å².